The number of hydrogen-bond acceptors (Lipinski definition) is 3. The minimum absolute atomic E-state index is 0.449. The molecule has 2 aromatic rings. The third-order valence-electron chi connectivity index (χ3n) is 2.24. The molecule has 84 valence electrons. The van der Waals surface area contributed by atoms with Crippen molar-refractivity contribution in [2.45, 2.75) is 26.4 Å². The molecule has 0 fully saturated rings. The predicted octanol–water partition coefficient (Wildman–Crippen LogP) is 1.97. The van der Waals surface area contributed by atoms with Crippen molar-refractivity contribution in [3.8, 4) is 11.4 Å². The molecule has 0 unspecified atom stereocenters. The quantitative estimate of drug-likeness (QED) is 0.821. The van der Waals surface area contributed by atoms with Gasteiger partial charge in [0.15, 0.2) is 5.82 Å². The highest BCUT2D eigenvalue weighted by atomic mass is 15.2. The van der Waals surface area contributed by atoms with Gasteiger partial charge in [0, 0.05) is 11.6 Å². The number of benzene rings is 1. The van der Waals surface area contributed by atoms with Crippen molar-refractivity contribution >= 4 is 0 Å². The van der Waals surface area contributed by atoms with Gasteiger partial charge in [0.2, 0.25) is 0 Å². The Hall–Kier alpha value is -1.68. The number of aromatic nitrogens is 3. The molecule has 1 aromatic heterocycles. The first-order valence-electron chi connectivity index (χ1n) is 5.46. The van der Waals surface area contributed by atoms with Crippen LogP contribution in [-0.4, -0.2) is 21.2 Å². The van der Waals surface area contributed by atoms with E-state index in [9.17, 15) is 0 Å². The molecular weight excluding hydrogens is 200 g/mol. The van der Waals surface area contributed by atoms with Crippen LogP contribution in [0.15, 0.2) is 30.3 Å². The fraction of sp³-hybridized carbons (Fsp3) is 0.333. The highest BCUT2D eigenvalue weighted by Gasteiger charge is 2.04. The Kier molecular flexibility index (Phi) is 3.31. The van der Waals surface area contributed by atoms with Gasteiger partial charge in [0.05, 0.1) is 6.54 Å². The maximum atomic E-state index is 4.42. The fourth-order valence-corrected chi connectivity index (χ4v) is 1.39. The van der Waals surface area contributed by atoms with Crippen molar-refractivity contribution in [3.63, 3.8) is 0 Å². The van der Waals surface area contributed by atoms with Gasteiger partial charge in [-0.2, -0.15) is 5.10 Å². The summed E-state index contributed by atoms with van der Waals surface area (Å²) in [6, 6.07) is 10.4. The summed E-state index contributed by atoms with van der Waals surface area (Å²) in [7, 11) is 0. The molecule has 4 heteroatoms. The van der Waals surface area contributed by atoms with Crippen LogP contribution < -0.4 is 5.32 Å². The van der Waals surface area contributed by atoms with Crippen molar-refractivity contribution < 1.29 is 0 Å². The highest BCUT2D eigenvalue weighted by molar-refractivity contribution is 5.53. The molecule has 16 heavy (non-hydrogen) atoms. The summed E-state index contributed by atoms with van der Waals surface area (Å²) < 4.78 is 0. The van der Waals surface area contributed by atoms with E-state index < -0.39 is 0 Å². The molecule has 1 aromatic carbocycles. The summed E-state index contributed by atoms with van der Waals surface area (Å²) in [4.78, 5) is 4.42. The average Bonchev–Trinajstić information content (AvgIpc) is 2.76. The molecule has 4 nitrogen and oxygen atoms in total. The lowest BCUT2D eigenvalue weighted by Gasteiger charge is -2.04. The van der Waals surface area contributed by atoms with Gasteiger partial charge >= 0.3 is 0 Å². The smallest absolute Gasteiger partial charge is 0.181 e. The fourth-order valence-electron chi connectivity index (χ4n) is 1.39. The Morgan fingerprint density at radius 1 is 1.25 bits per heavy atom. The van der Waals surface area contributed by atoms with E-state index in [1.807, 2.05) is 30.3 Å². The van der Waals surface area contributed by atoms with E-state index in [2.05, 4.69) is 34.3 Å². The molecule has 0 aliphatic heterocycles. The third-order valence-corrected chi connectivity index (χ3v) is 2.24. The Balaban J connectivity index is 2.08. The lowest BCUT2D eigenvalue weighted by Crippen LogP contribution is -2.22. The van der Waals surface area contributed by atoms with Crippen molar-refractivity contribution in [2.75, 3.05) is 0 Å². The molecule has 0 radical (unpaired) electrons. The lowest BCUT2D eigenvalue weighted by atomic mass is 10.2. The number of nitrogens with one attached hydrogen (secondary N) is 2. The van der Waals surface area contributed by atoms with Crippen LogP contribution in [0.4, 0.5) is 0 Å². The van der Waals surface area contributed by atoms with Crippen LogP contribution in [0.25, 0.3) is 11.4 Å². The standard InChI is InChI=1S/C12H16N4/c1-9(2)13-8-11-14-12(16-15-11)10-6-4-3-5-7-10/h3-7,9,13H,8H2,1-2H3,(H,14,15,16). The maximum absolute atomic E-state index is 4.42. The summed E-state index contributed by atoms with van der Waals surface area (Å²) in [6.07, 6.45) is 0. The third kappa shape index (κ3) is 2.67. The van der Waals surface area contributed by atoms with Gasteiger partial charge in [-0.15, -0.1) is 0 Å². The van der Waals surface area contributed by atoms with Crippen LogP contribution in [0, 0.1) is 0 Å². The molecule has 0 atom stereocenters. The van der Waals surface area contributed by atoms with Crippen LogP contribution in [-0.2, 0) is 6.54 Å². The van der Waals surface area contributed by atoms with E-state index in [1.54, 1.807) is 0 Å². The molecule has 1 heterocycles. The summed E-state index contributed by atoms with van der Waals surface area (Å²) in [5.74, 6) is 1.62. The van der Waals surface area contributed by atoms with Gasteiger partial charge in [-0.3, -0.25) is 5.10 Å². The topological polar surface area (TPSA) is 53.6 Å². The van der Waals surface area contributed by atoms with E-state index >= 15 is 0 Å². The first-order valence-corrected chi connectivity index (χ1v) is 5.46. The van der Waals surface area contributed by atoms with Gasteiger partial charge in [-0.1, -0.05) is 44.2 Å². The molecule has 0 aliphatic carbocycles. The summed E-state index contributed by atoms with van der Waals surface area (Å²) in [6.45, 7) is 4.93. The second-order valence-electron chi connectivity index (χ2n) is 4.01. The Morgan fingerprint density at radius 3 is 2.69 bits per heavy atom. The molecule has 0 spiro atoms. The number of hydrogen-bond donors (Lipinski definition) is 2. The first-order chi connectivity index (χ1) is 7.75. The predicted molar refractivity (Wildman–Crippen MR) is 63.8 cm³/mol. The SMILES string of the molecule is CC(C)NCc1nc(-c2ccccc2)n[nH]1. The number of rotatable bonds is 4. The van der Waals surface area contributed by atoms with Crippen LogP contribution in [0.5, 0.6) is 0 Å². The zero-order valence-corrected chi connectivity index (χ0v) is 9.57. The molecule has 0 saturated carbocycles. The second-order valence-corrected chi connectivity index (χ2v) is 4.01. The minimum atomic E-state index is 0.449. The zero-order chi connectivity index (χ0) is 11.4. The second kappa shape index (κ2) is 4.90. The molecule has 0 bridgehead atoms. The Bertz CT molecular complexity index is 433. The van der Waals surface area contributed by atoms with Crippen LogP contribution >= 0.6 is 0 Å². The minimum Gasteiger partial charge on any atom is -0.308 e. The Morgan fingerprint density at radius 2 is 2.00 bits per heavy atom. The summed E-state index contributed by atoms with van der Waals surface area (Å²) in [5, 5.41) is 10.4. The summed E-state index contributed by atoms with van der Waals surface area (Å²) >= 11 is 0. The number of aromatic amines is 1. The first kappa shape index (κ1) is 10.8. The lowest BCUT2D eigenvalue weighted by molar-refractivity contribution is 0.573. The summed E-state index contributed by atoms with van der Waals surface area (Å²) in [5.41, 5.74) is 1.04. The van der Waals surface area contributed by atoms with Gasteiger partial charge in [0.25, 0.3) is 0 Å². The normalized spacial score (nSPS) is 10.9. The van der Waals surface area contributed by atoms with Gasteiger partial charge in [0.1, 0.15) is 5.82 Å². The molecule has 2 rings (SSSR count). The van der Waals surface area contributed by atoms with Crippen molar-refractivity contribution in [3.05, 3.63) is 36.2 Å². The van der Waals surface area contributed by atoms with Gasteiger partial charge in [-0.05, 0) is 0 Å². The van der Waals surface area contributed by atoms with Crippen LogP contribution in [0.1, 0.15) is 19.7 Å². The maximum Gasteiger partial charge on any atom is 0.181 e. The van der Waals surface area contributed by atoms with E-state index in [0.29, 0.717) is 6.04 Å². The van der Waals surface area contributed by atoms with Gasteiger partial charge in [-0.25, -0.2) is 4.98 Å². The molecule has 0 aliphatic rings. The number of H-pyrrole nitrogens is 1. The van der Waals surface area contributed by atoms with Crippen molar-refractivity contribution in [1.82, 2.24) is 20.5 Å². The van der Waals surface area contributed by atoms with Gasteiger partial charge < -0.3 is 5.32 Å². The molecule has 0 amide bonds. The van der Waals surface area contributed by atoms with E-state index in [-0.39, 0.29) is 0 Å². The zero-order valence-electron chi connectivity index (χ0n) is 9.57. The van der Waals surface area contributed by atoms with E-state index in [1.165, 1.54) is 0 Å². The van der Waals surface area contributed by atoms with E-state index in [4.69, 9.17) is 0 Å². The molecule has 0 saturated heterocycles. The largest absolute Gasteiger partial charge is 0.308 e. The van der Waals surface area contributed by atoms with Crippen LogP contribution in [0.3, 0.4) is 0 Å². The molecule has 2 N–H and O–H groups in total. The Labute approximate surface area is 95.1 Å². The van der Waals surface area contributed by atoms with Crippen molar-refractivity contribution in [2.24, 2.45) is 0 Å². The van der Waals surface area contributed by atoms with Crippen molar-refractivity contribution in [1.29, 1.82) is 0 Å². The average molecular weight is 216 g/mol. The monoisotopic (exact) mass is 216 g/mol. The molecular formula is C12H16N4. The highest BCUT2D eigenvalue weighted by Crippen LogP contribution is 2.12. The van der Waals surface area contributed by atoms with Crippen LogP contribution in [0.2, 0.25) is 0 Å². The number of nitrogens with zero attached hydrogens (tertiary/aromatic N) is 2. The van der Waals surface area contributed by atoms with E-state index in [0.717, 1.165) is 23.8 Å².